The Labute approximate surface area is 192 Å². The lowest BCUT2D eigenvalue weighted by atomic mass is 9.89. The number of likely N-dealkylation sites (tertiary alicyclic amines) is 1. The van der Waals surface area contributed by atoms with Crippen LogP contribution in [0, 0.1) is 13.8 Å². The molecule has 0 N–H and O–H groups in total. The quantitative estimate of drug-likeness (QED) is 0.366. The SMILES string of the molecule is Cc1cc2nc(C(=O)N3CCCC3)cc(-c3ccccc3Cl)c2c(C)c1-c1ccncc1. The number of halogens is 1. The number of nitrogens with zero attached hydrogens (tertiary/aromatic N) is 3. The molecule has 2 aromatic heterocycles. The zero-order valence-corrected chi connectivity index (χ0v) is 19.0. The molecule has 0 radical (unpaired) electrons. The molecule has 1 fully saturated rings. The molecule has 5 heteroatoms. The van der Waals surface area contributed by atoms with Crippen molar-refractivity contribution in [3.8, 4) is 22.3 Å². The van der Waals surface area contributed by atoms with E-state index in [2.05, 4.69) is 24.9 Å². The highest BCUT2D eigenvalue weighted by Crippen LogP contribution is 2.40. The molecular formula is C27H24ClN3O. The van der Waals surface area contributed by atoms with Gasteiger partial charge in [0.05, 0.1) is 5.52 Å². The van der Waals surface area contributed by atoms with Crippen molar-refractivity contribution in [2.45, 2.75) is 26.7 Å². The van der Waals surface area contributed by atoms with Crippen LogP contribution in [-0.4, -0.2) is 33.9 Å². The number of aryl methyl sites for hydroxylation is 2. The van der Waals surface area contributed by atoms with Gasteiger partial charge in [0.25, 0.3) is 5.91 Å². The number of benzene rings is 2. The Kier molecular flexibility index (Phi) is 5.40. The average molecular weight is 442 g/mol. The third-order valence-corrected chi connectivity index (χ3v) is 6.62. The van der Waals surface area contributed by atoms with Crippen molar-refractivity contribution >= 4 is 28.4 Å². The zero-order valence-electron chi connectivity index (χ0n) is 18.2. The second-order valence-corrected chi connectivity index (χ2v) is 8.76. The Bertz CT molecular complexity index is 1330. The number of hydrogen-bond acceptors (Lipinski definition) is 3. The first kappa shape index (κ1) is 20.7. The van der Waals surface area contributed by atoms with Gasteiger partial charge < -0.3 is 4.90 Å². The summed E-state index contributed by atoms with van der Waals surface area (Å²) in [6.07, 6.45) is 5.71. The average Bonchev–Trinajstić information content (AvgIpc) is 3.34. The molecule has 1 aliphatic heterocycles. The fourth-order valence-corrected chi connectivity index (χ4v) is 5.05. The highest BCUT2D eigenvalue weighted by Gasteiger charge is 2.24. The minimum atomic E-state index is -0.00813. The minimum absolute atomic E-state index is 0.00813. The molecule has 1 saturated heterocycles. The van der Waals surface area contributed by atoms with Gasteiger partial charge in [0.15, 0.2) is 0 Å². The topological polar surface area (TPSA) is 46.1 Å². The van der Waals surface area contributed by atoms with Crippen molar-refractivity contribution in [3.05, 3.63) is 82.8 Å². The molecule has 1 amide bonds. The number of hydrogen-bond donors (Lipinski definition) is 0. The third-order valence-electron chi connectivity index (χ3n) is 6.29. The summed E-state index contributed by atoms with van der Waals surface area (Å²) in [5, 5.41) is 1.68. The molecule has 0 unspecified atom stereocenters. The fourth-order valence-electron chi connectivity index (χ4n) is 4.81. The number of amides is 1. The Balaban J connectivity index is 1.81. The van der Waals surface area contributed by atoms with E-state index in [1.54, 1.807) is 0 Å². The van der Waals surface area contributed by atoms with E-state index in [1.165, 1.54) is 0 Å². The van der Waals surface area contributed by atoms with Gasteiger partial charge in [0.1, 0.15) is 5.69 Å². The molecule has 5 rings (SSSR count). The number of carbonyl (C=O) groups is 1. The van der Waals surface area contributed by atoms with Crippen LogP contribution in [0.3, 0.4) is 0 Å². The first-order valence-corrected chi connectivity index (χ1v) is 11.3. The Morgan fingerprint density at radius 1 is 0.969 bits per heavy atom. The molecule has 32 heavy (non-hydrogen) atoms. The van der Waals surface area contributed by atoms with E-state index >= 15 is 0 Å². The molecule has 3 heterocycles. The van der Waals surface area contributed by atoms with Crippen LogP contribution < -0.4 is 0 Å². The molecule has 0 atom stereocenters. The summed E-state index contributed by atoms with van der Waals surface area (Å²) in [5.74, 6) is -0.00813. The number of aromatic nitrogens is 2. The highest BCUT2D eigenvalue weighted by atomic mass is 35.5. The summed E-state index contributed by atoms with van der Waals surface area (Å²) < 4.78 is 0. The van der Waals surface area contributed by atoms with Crippen LogP contribution >= 0.6 is 11.6 Å². The van der Waals surface area contributed by atoms with Gasteiger partial charge in [-0.25, -0.2) is 4.98 Å². The van der Waals surface area contributed by atoms with E-state index < -0.39 is 0 Å². The van der Waals surface area contributed by atoms with Crippen LogP contribution in [0.1, 0.15) is 34.5 Å². The van der Waals surface area contributed by atoms with Crippen LogP contribution in [0.2, 0.25) is 5.02 Å². The van der Waals surface area contributed by atoms with Gasteiger partial charge in [-0.05, 0) is 84.8 Å². The van der Waals surface area contributed by atoms with Gasteiger partial charge in [-0.3, -0.25) is 9.78 Å². The lowest BCUT2D eigenvalue weighted by molar-refractivity contribution is 0.0787. The smallest absolute Gasteiger partial charge is 0.272 e. The lowest BCUT2D eigenvalue weighted by Crippen LogP contribution is -2.28. The lowest BCUT2D eigenvalue weighted by Gasteiger charge is -2.20. The van der Waals surface area contributed by atoms with E-state index in [9.17, 15) is 4.79 Å². The van der Waals surface area contributed by atoms with Crippen molar-refractivity contribution in [2.75, 3.05) is 13.1 Å². The van der Waals surface area contributed by atoms with Gasteiger partial charge in [-0.15, -0.1) is 0 Å². The fraction of sp³-hybridized carbons (Fsp3) is 0.222. The molecule has 0 spiro atoms. The van der Waals surface area contributed by atoms with Gasteiger partial charge in [-0.1, -0.05) is 29.8 Å². The second kappa shape index (κ2) is 8.36. The molecule has 0 saturated carbocycles. The number of pyridine rings is 2. The van der Waals surface area contributed by atoms with Gasteiger partial charge in [0.2, 0.25) is 0 Å². The molecular weight excluding hydrogens is 418 g/mol. The molecule has 0 aliphatic carbocycles. The Morgan fingerprint density at radius 2 is 1.69 bits per heavy atom. The van der Waals surface area contributed by atoms with Crippen LogP contribution in [0.5, 0.6) is 0 Å². The van der Waals surface area contributed by atoms with Crippen molar-refractivity contribution in [3.63, 3.8) is 0 Å². The van der Waals surface area contributed by atoms with Crippen molar-refractivity contribution in [1.29, 1.82) is 0 Å². The van der Waals surface area contributed by atoms with E-state index in [0.717, 1.165) is 70.2 Å². The maximum absolute atomic E-state index is 13.2. The van der Waals surface area contributed by atoms with E-state index in [4.69, 9.17) is 16.6 Å². The summed E-state index contributed by atoms with van der Waals surface area (Å²) in [6, 6.07) is 15.8. The summed E-state index contributed by atoms with van der Waals surface area (Å²) in [7, 11) is 0. The summed E-state index contributed by atoms with van der Waals surface area (Å²) in [5.41, 5.74) is 7.65. The first-order chi connectivity index (χ1) is 15.5. The molecule has 160 valence electrons. The standard InChI is InChI=1S/C27H24ClN3O/c1-17-15-23-26(18(2)25(17)19-9-11-29-12-10-19)21(20-7-3-4-8-22(20)28)16-24(30-23)27(32)31-13-5-6-14-31/h3-4,7-12,15-16H,5-6,13-14H2,1-2H3. The van der Waals surface area contributed by atoms with Gasteiger partial charge in [-0.2, -0.15) is 0 Å². The summed E-state index contributed by atoms with van der Waals surface area (Å²) in [4.78, 5) is 24.2. The number of rotatable bonds is 3. The Morgan fingerprint density at radius 3 is 2.41 bits per heavy atom. The number of fused-ring (bicyclic) bond motifs is 1. The second-order valence-electron chi connectivity index (χ2n) is 8.36. The van der Waals surface area contributed by atoms with Crippen molar-refractivity contribution in [1.82, 2.24) is 14.9 Å². The zero-order chi connectivity index (χ0) is 22.2. The summed E-state index contributed by atoms with van der Waals surface area (Å²) >= 11 is 6.63. The van der Waals surface area contributed by atoms with Gasteiger partial charge in [0, 0.05) is 41.5 Å². The predicted molar refractivity (Wildman–Crippen MR) is 130 cm³/mol. The van der Waals surface area contributed by atoms with Gasteiger partial charge >= 0.3 is 0 Å². The normalized spacial score (nSPS) is 13.7. The molecule has 1 aliphatic rings. The van der Waals surface area contributed by atoms with Crippen molar-refractivity contribution in [2.24, 2.45) is 0 Å². The maximum Gasteiger partial charge on any atom is 0.272 e. The molecule has 4 nitrogen and oxygen atoms in total. The van der Waals surface area contributed by atoms with Crippen LogP contribution in [0.4, 0.5) is 0 Å². The minimum Gasteiger partial charge on any atom is -0.337 e. The third kappa shape index (κ3) is 3.55. The van der Waals surface area contributed by atoms with Crippen LogP contribution in [0.25, 0.3) is 33.2 Å². The molecule has 0 bridgehead atoms. The summed E-state index contributed by atoms with van der Waals surface area (Å²) in [6.45, 7) is 5.79. The van der Waals surface area contributed by atoms with Crippen LogP contribution in [0.15, 0.2) is 60.9 Å². The molecule has 4 aromatic rings. The maximum atomic E-state index is 13.2. The Hall–Kier alpha value is -3.24. The monoisotopic (exact) mass is 441 g/mol. The van der Waals surface area contributed by atoms with E-state index in [-0.39, 0.29) is 5.91 Å². The van der Waals surface area contributed by atoms with Crippen LogP contribution in [-0.2, 0) is 0 Å². The van der Waals surface area contributed by atoms with E-state index in [0.29, 0.717) is 10.7 Å². The van der Waals surface area contributed by atoms with Crippen molar-refractivity contribution < 1.29 is 4.79 Å². The first-order valence-electron chi connectivity index (χ1n) is 10.9. The van der Waals surface area contributed by atoms with E-state index in [1.807, 2.05) is 59.8 Å². The number of carbonyl (C=O) groups excluding carboxylic acids is 1. The highest BCUT2D eigenvalue weighted by molar-refractivity contribution is 6.33. The predicted octanol–water partition coefficient (Wildman–Crippen LogP) is 6.47. The largest absolute Gasteiger partial charge is 0.337 e. The molecule has 2 aromatic carbocycles.